The fourth-order valence-corrected chi connectivity index (χ4v) is 2.26. The Labute approximate surface area is 110 Å². The highest BCUT2D eigenvalue weighted by Gasteiger charge is 2.21. The average molecular weight is 248 g/mol. The number of benzene rings is 1. The van der Waals surface area contributed by atoms with Crippen LogP contribution in [0.1, 0.15) is 30.9 Å². The molecule has 0 aliphatic carbocycles. The van der Waals surface area contributed by atoms with Crippen LogP contribution in [0.3, 0.4) is 0 Å². The molecule has 1 atom stereocenters. The quantitative estimate of drug-likeness (QED) is 0.870. The minimum Gasteiger partial charge on any atom is -0.330 e. The normalized spacial score (nSPS) is 12.3. The number of nitrogens with zero attached hydrogens (tertiary/aromatic N) is 1. The molecule has 1 rings (SSSR count). The molecule has 0 bridgehead atoms. The second-order valence-electron chi connectivity index (χ2n) is 4.91. The van der Waals surface area contributed by atoms with Gasteiger partial charge in [0.25, 0.3) is 0 Å². The molecule has 0 saturated heterocycles. The molecule has 1 aromatic carbocycles. The van der Waals surface area contributed by atoms with Gasteiger partial charge in [0, 0.05) is 19.3 Å². The van der Waals surface area contributed by atoms with E-state index < -0.39 is 0 Å². The summed E-state index contributed by atoms with van der Waals surface area (Å²) in [5, 5.41) is 0. The predicted molar refractivity (Wildman–Crippen MR) is 76.8 cm³/mol. The number of hydrogen-bond acceptors (Lipinski definition) is 2. The highest BCUT2D eigenvalue weighted by molar-refractivity contribution is 5.95. The van der Waals surface area contributed by atoms with E-state index >= 15 is 0 Å². The van der Waals surface area contributed by atoms with Gasteiger partial charge in [-0.05, 0) is 31.9 Å². The standard InChI is InChI=1S/C15H24N2O/c1-5-6-13(10-16)15(18)17(4)14-8-7-11(2)9-12(14)3/h7-9,13H,5-6,10,16H2,1-4H3. The Morgan fingerprint density at radius 1 is 1.39 bits per heavy atom. The second kappa shape index (κ2) is 6.55. The first-order valence-electron chi connectivity index (χ1n) is 6.56. The smallest absolute Gasteiger partial charge is 0.231 e. The van der Waals surface area contributed by atoms with E-state index in [1.807, 2.05) is 26.1 Å². The summed E-state index contributed by atoms with van der Waals surface area (Å²) in [6, 6.07) is 6.13. The summed E-state index contributed by atoms with van der Waals surface area (Å²) in [4.78, 5) is 14.1. The van der Waals surface area contributed by atoms with Crippen molar-refractivity contribution in [2.75, 3.05) is 18.5 Å². The molecule has 0 heterocycles. The van der Waals surface area contributed by atoms with E-state index in [0.717, 1.165) is 24.1 Å². The number of hydrogen-bond donors (Lipinski definition) is 1. The molecule has 1 unspecified atom stereocenters. The van der Waals surface area contributed by atoms with Crippen LogP contribution in [0.4, 0.5) is 5.69 Å². The van der Waals surface area contributed by atoms with Crippen molar-refractivity contribution in [3.63, 3.8) is 0 Å². The van der Waals surface area contributed by atoms with Crippen LogP contribution < -0.4 is 10.6 Å². The van der Waals surface area contributed by atoms with Crippen molar-refractivity contribution in [3.05, 3.63) is 29.3 Å². The molecule has 1 aromatic rings. The zero-order chi connectivity index (χ0) is 13.7. The van der Waals surface area contributed by atoms with Gasteiger partial charge in [-0.2, -0.15) is 0 Å². The summed E-state index contributed by atoms with van der Waals surface area (Å²) in [7, 11) is 1.83. The van der Waals surface area contributed by atoms with Gasteiger partial charge in [-0.15, -0.1) is 0 Å². The number of carbonyl (C=O) groups is 1. The fraction of sp³-hybridized carbons (Fsp3) is 0.533. The molecular formula is C15H24N2O. The molecule has 1 amide bonds. The van der Waals surface area contributed by atoms with Crippen molar-refractivity contribution >= 4 is 11.6 Å². The van der Waals surface area contributed by atoms with Gasteiger partial charge in [0.15, 0.2) is 0 Å². The van der Waals surface area contributed by atoms with Crippen LogP contribution in [0.25, 0.3) is 0 Å². The summed E-state index contributed by atoms with van der Waals surface area (Å²) in [5.41, 5.74) is 9.00. The lowest BCUT2D eigenvalue weighted by molar-refractivity contribution is -0.122. The van der Waals surface area contributed by atoms with Gasteiger partial charge in [0.1, 0.15) is 0 Å². The van der Waals surface area contributed by atoms with Gasteiger partial charge < -0.3 is 10.6 Å². The van der Waals surface area contributed by atoms with E-state index in [4.69, 9.17) is 5.73 Å². The van der Waals surface area contributed by atoms with E-state index in [2.05, 4.69) is 19.9 Å². The Kier molecular flexibility index (Phi) is 5.35. The van der Waals surface area contributed by atoms with Crippen LogP contribution in [0.5, 0.6) is 0 Å². The first-order chi connectivity index (χ1) is 8.51. The molecule has 0 spiro atoms. The lowest BCUT2D eigenvalue weighted by Gasteiger charge is -2.24. The van der Waals surface area contributed by atoms with Crippen LogP contribution in [-0.2, 0) is 4.79 Å². The van der Waals surface area contributed by atoms with E-state index in [1.54, 1.807) is 4.90 Å². The molecule has 3 nitrogen and oxygen atoms in total. The fourth-order valence-electron chi connectivity index (χ4n) is 2.26. The molecule has 0 aliphatic heterocycles. The van der Waals surface area contributed by atoms with Crippen molar-refractivity contribution in [1.82, 2.24) is 0 Å². The van der Waals surface area contributed by atoms with E-state index in [0.29, 0.717) is 6.54 Å². The molecule has 2 N–H and O–H groups in total. The van der Waals surface area contributed by atoms with Crippen LogP contribution in [0, 0.1) is 19.8 Å². The Balaban J connectivity index is 2.91. The van der Waals surface area contributed by atoms with Gasteiger partial charge in [-0.25, -0.2) is 0 Å². The van der Waals surface area contributed by atoms with Crippen molar-refractivity contribution in [2.24, 2.45) is 11.7 Å². The molecule has 0 radical (unpaired) electrons. The maximum atomic E-state index is 12.3. The molecule has 0 aliphatic rings. The van der Waals surface area contributed by atoms with E-state index in [9.17, 15) is 4.79 Å². The van der Waals surface area contributed by atoms with Gasteiger partial charge in [-0.1, -0.05) is 31.0 Å². The number of nitrogens with two attached hydrogens (primary N) is 1. The average Bonchev–Trinajstić information content (AvgIpc) is 2.34. The van der Waals surface area contributed by atoms with Crippen LogP contribution in [0.2, 0.25) is 0 Å². The highest BCUT2D eigenvalue weighted by Crippen LogP contribution is 2.22. The third kappa shape index (κ3) is 3.33. The van der Waals surface area contributed by atoms with Gasteiger partial charge in [0.2, 0.25) is 5.91 Å². The number of anilines is 1. The largest absolute Gasteiger partial charge is 0.330 e. The summed E-state index contributed by atoms with van der Waals surface area (Å²) in [6.45, 7) is 6.58. The summed E-state index contributed by atoms with van der Waals surface area (Å²) < 4.78 is 0. The summed E-state index contributed by atoms with van der Waals surface area (Å²) >= 11 is 0. The topological polar surface area (TPSA) is 46.3 Å². The van der Waals surface area contributed by atoms with Gasteiger partial charge in [0.05, 0.1) is 5.92 Å². The van der Waals surface area contributed by atoms with Crippen molar-refractivity contribution < 1.29 is 4.79 Å². The third-order valence-corrected chi connectivity index (χ3v) is 3.32. The molecule has 0 aromatic heterocycles. The van der Waals surface area contributed by atoms with Crippen LogP contribution in [-0.4, -0.2) is 19.5 Å². The Hall–Kier alpha value is -1.35. The SMILES string of the molecule is CCCC(CN)C(=O)N(C)c1ccc(C)cc1C. The monoisotopic (exact) mass is 248 g/mol. The zero-order valence-electron chi connectivity index (χ0n) is 11.9. The molecule has 0 saturated carbocycles. The number of carbonyl (C=O) groups excluding carboxylic acids is 1. The maximum absolute atomic E-state index is 12.3. The van der Waals surface area contributed by atoms with Crippen LogP contribution in [0.15, 0.2) is 18.2 Å². The van der Waals surface area contributed by atoms with Crippen molar-refractivity contribution in [3.8, 4) is 0 Å². The Morgan fingerprint density at radius 3 is 2.56 bits per heavy atom. The second-order valence-corrected chi connectivity index (χ2v) is 4.91. The zero-order valence-corrected chi connectivity index (χ0v) is 11.9. The first kappa shape index (κ1) is 14.7. The third-order valence-electron chi connectivity index (χ3n) is 3.32. The lowest BCUT2D eigenvalue weighted by atomic mass is 10.0. The minimum absolute atomic E-state index is 0.0688. The number of rotatable bonds is 5. The van der Waals surface area contributed by atoms with Gasteiger partial charge >= 0.3 is 0 Å². The number of amides is 1. The minimum atomic E-state index is -0.0688. The van der Waals surface area contributed by atoms with E-state index in [1.165, 1.54) is 5.56 Å². The maximum Gasteiger partial charge on any atom is 0.231 e. The molecule has 100 valence electrons. The van der Waals surface area contributed by atoms with Gasteiger partial charge in [-0.3, -0.25) is 4.79 Å². The van der Waals surface area contributed by atoms with E-state index in [-0.39, 0.29) is 11.8 Å². The number of aryl methyl sites for hydroxylation is 2. The highest BCUT2D eigenvalue weighted by atomic mass is 16.2. The lowest BCUT2D eigenvalue weighted by Crippen LogP contribution is -2.37. The summed E-state index contributed by atoms with van der Waals surface area (Å²) in [6.07, 6.45) is 1.83. The Morgan fingerprint density at radius 2 is 2.06 bits per heavy atom. The van der Waals surface area contributed by atoms with Crippen molar-refractivity contribution in [1.29, 1.82) is 0 Å². The molecule has 3 heteroatoms. The first-order valence-corrected chi connectivity index (χ1v) is 6.56. The van der Waals surface area contributed by atoms with Crippen LogP contribution >= 0.6 is 0 Å². The molecular weight excluding hydrogens is 224 g/mol. The predicted octanol–water partition coefficient (Wildman–Crippen LogP) is 2.64. The van der Waals surface area contributed by atoms with Crippen molar-refractivity contribution in [2.45, 2.75) is 33.6 Å². The Bertz CT molecular complexity index is 415. The molecule has 18 heavy (non-hydrogen) atoms. The molecule has 0 fully saturated rings. The summed E-state index contributed by atoms with van der Waals surface area (Å²) in [5.74, 6) is 0.0482.